The molecule has 0 bridgehead atoms. The normalized spacial score (nSPS) is 15.9. The summed E-state index contributed by atoms with van der Waals surface area (Å²) in [7, 11) is 1.73. The molecule has 0 radical (unpaired) electrons. The maximum absolute atomic E-state index is 12.3. The number of amides is 1. The van der Waals surface area contributed by atoms with Gasteiger partial charge in [0, 0.05) is 25.2 Å². The van der Waals surface area contributed by atoms with E-state index in [1.807, 2.05) is 0 Å². The van der Waals surface area contributed by atoms with E-state index in [-0.39, 0.29) is 17.5 Å². The van der Waals surface area contributed by atoms with E-state index in [0.29, 0.717) is 18.0 Å². The van der Waals surface area contributed by atoms with Gasteiger partial charge in [0.1, 0.15) is 0 Å². The van der Waals surface area contributed by atoms with Crippen LogP contribution in [0, 0.1) is 5.92 Å². The Hall–Kier alpha value is -1.88. The van der Waals surface area contributed by atoms with Gasteiger partial charge in [-0.15, -0.1) is 0 Å². The summed E-state index contributed by atoms with van der Waals surface area (Å²) in [6, 6.07) is 6.13. The van der Waals surface area contributed by atoms with E-state index in [9.17, 15) is 9.59 Å². The van der Waals surface area contributed by atoms with Gasteiger partial charge in [0.2, 0.25) is 0 Å². The van der Waals surface area contributed by atoms with Crippen LogP contribution in [-0.2, 0) is 0 Å². The average molecular weight is 262 g/mol. The minimum absolute atomic E-state index is 0.0426. The predicted octanol–water partition coefficient (Wildman–Crippen LogP) is 1.19. The van der Waals surface area contributed by atoms with Gasteiger partial charge in [-0.05, 0) is 37.0 Å². The zero-order valence-corrected chi connectivity index (χ0v) is 10.9. The second-order valence-corrected chi connectivity index (χ2v) is 4.94. The third kappa shape index (κ3) is 2.93. The molecule has 1 atom stereocenters. The van der Waals surface area contributed by atoms with E-state index in [2.05, 4.69) is 0 Å². The number of rotatable bonds is 5. The molecule has 1 aromatic carbocycles. The van der Waals surface area contributed by atoms with E-state index in [1.54, 1.807) is 24.1 Å². The summed E-state index contributed by atoms with van der Waals surface area (Å²) < 4.78 is 0. The van der Waals surface area contributed by atoms with Gasteiger partial charge in [-0.1, -0.05) is 6.07 Å². The predicted molar refractivity (Wildman–Crippen MR) is 71.1 cm³/mol. The highest BCUT2D eigenvalue weighted by molar-refractivity contribution is 5.97. The number of hydrogen-bond acceptors (Lipinski definition) is 3. The van der Waals surface area contributed by atoms with Gasteiger partial charge in [0.15, 0.2) is 0 Å². The van der Waals surface area contributed by atoms with Crippen LogP contribution < -0.4 is 5.73 Å². The van der Waals surface area contributed by atoms with E-state index in [0.717, 1.165) is 12.8 Å². The lowest BCUT2D eigenvalue weighted by Gasteiger charge is -2.27. The molecular formula is C14H18N2O3. The molecule has 5 heteroatoms. The van der Waals surface area contributed by atoms with E-state index in [4.69, 9.17) is 10.8 Å². The zero-order chi connectivity index (χ0) is 14.0. The molecule has 5 nitrogen and oxygen atoms in total. The van der Waals surface area contributed by atoms with Crippen LogP contribution in [0.25, 0.3) is 0 Å². The molecule has 1 amide bonds. The average Bonchev–Trinajstić information content (AvgIpc) is 3.23. The number of benzene rings is 1. The topological polar surface area (TPSA) is 83.6 Å². The molecule has 2 rings (SSSR count). The van der Waals surface area contributed by atoms with Crippen LogP contribution in [0.3, 0.4) is 0 Å². The zero-order valence-electron chi connectivity index (χ0n) is 10.9. The Labute approximate surface area is 112 Å². The smallest absolute Gasteiger partial charge is 0.335 e. The first-order valence-corrected chi connectivity index (χ1v) is 6.35. The van der Waals surface area contributed by atoms with Crippen LogP contribution in [0.5, 0.6) is 0 Å². The van der Waals surface area contributed by atoms with Crippen molar-refractivity contribution in [3.8, 4) is 0 Å². The second kappa shape index (κ2) is 5.40. The number of carboxylic acid groups (broad SMARTS) is 1. The summed E-state index contributed by atoms with van der Waals surface area (Å²) in [5.74, 6) is -0.720. The Balaban J connectivity index is 2.18. The summed E-state index contributed by atoms with van der Waals surface area (Å²) in [5, 5.41) is 8.94. The number of carbonyl (C=O) groups excluding carboxylic acids is 1. The van der Waals surface area contributed by atoms with Gasteiger partial charge >= 0.3 is 5.97 Å². The first-order chi connectivity index (χ1) is 9.04. The van der Waals surface area contributed by atoms with Crippen molar-refractivity contribution in [2.75, 3.05) is 13.6 Å². The molecule has 1 fully saturated rings. The van der Waals surface area contributed by atoms with Crippen molar-refractivity contribution in [1.82, 2.24) is 4.90 Å². The Morgan fingerprint density at radius 2 is 2.05 bits per heavy atom. The van der Waals surface area contributed by atoms with Crippen LogP contribution in [0.1, 0.15) is 33.6 Å². The Morgan fingerprint density at radius 1 is 1.42 bits per heavy atom. The third-order valence-corrected chi connectivity index (χ3v) is 3.58. The summed E-state index contributed by atoms with van der Waals surface area (Å²) in [6.45, 7) is 0.436. The number of aromatic carboxylic acids is 1. The molecule has 1 aliphatic rings. The maximum atomic E-state index is 12.3. The number of carbonyl (C=O) groups is 2. The molecular weight excluding hydrogens is 244 g/mol. The fourth-order valence-corrected chi connectivity index (χ4v) is 2.29. The molecule has 3 N–H and O–H groups in total. The molecule has 1 saturated carbocycles. The van der Waals surface area contributed by atoms with Crippen molar-refractivity contribution in [2.24, 2.45) is 11.7 Å². The van der Waals surface area contributed by atoms with Crippen molar-refractivity contribution < 1.29 is 14.7 Å². The molecule has 1 unspecified atom stereocenters. The van der Waals surface area contributed by atoms with E-state index in [1.165, 1.54) is 12.1 Å². The summed E-state index contributed by atoms with van der Waals surface area (Å²) in [4.78, 5) is 24.9. The van der Waals surface area contributed by atoms with Crippen molar-refractivity contribution in [1.29, 1.82) is 0 Å². The molecule has 1 aromatic rings. The molecule has 1 aliphatic carbocycles. The van der Waals surface area contributed by atoms with Crippen LogP contribution in [-0.4, -0.2) is 41.5 Å². The van der Waals surface area contributed by atoms with Crippen molar-refractivity contribution >= 4 is 11.9 Å². The highest BCUT2D eigenvalue weighted by atomic mass is 16.4. The monoisotopic (exact) mass is 262 g/mol. The Kier molecular flexibility index (Phi) is 3.85. The van der Waals surface area contributed by atoms with Gasteiger partial charge in [0.25, 0.3) is 5.91 Å². The lowest BCUT2D eigenvalue weighted by atomic mass is 10.1. The van der Waals surface area contributed by atoms with Crippen molar-refractivity contribution in [3.05, 3.63) is 35.4 Å². The minimum Gasteiger partial charge on any atom is -0.478 e. The third-order valence-electron chi connectivity index (χ3n) is 3.58. The largest absolute Gasteiger partial charge is 0.478 e. The fourth-order valence-electron chi connectivity index (χ4n) is 2.29. The lowest BCUT2D eigenvalue weighted by molar-refractivity contribution is 0.0697. The first-order valence-electron chi connectivity index (χ1n) is 6.35. The van der Waals surface area contributed by atoms with Gasteiger partial charge < -0.3 is 15.7 Å². The Morgan fingerprint density at radius 3 is 2.58 bits per heavy atom. The van der Waals surface area contributed by atoms with Crippen LogP contribution >= 0.6 is 0 Å². The van der Waals surface area contributed by atoms with Gasteiger partial charge in [-0.2, -0.15) is 0 Å². The lowest BCUT2D eigenvalue weighted by Crippen LogP contribution is -2.43. The number of carboxylic acids is 1. The van der Waals surface area contributed by atoms with Crippen LogP contribution in [0.15, 0.2) is 24.3 Å². The summed E-state index contributed by atoms with van der Waals surface area (Å²) >= 11 is 0. The summed E-state index contributed by atoms with van der Waals surface area (Å²) in [5.41, 5.74) is 6.23. The quantitative estimate of drug-likeness (QED) is 0.835. The van der Waals surface area contributed by atoms with E-state index < -0.39 is 5.97 Å². The van der Waals surface area contributed by atoms with Crippen LogP contribution in [0.2, 0.25) is 0 Å². The maximum Gasteiger partial charge on any atom is 0.335 e. The summed E-state index contributed by atoms with van der Waals surface area (Å²) in [6.07, 6.45) is 2.21. The highest BCUT2D eigenvalue weighted by Crippen LogP contribution is 2.34. The van der Waals surface area contributed by atoms with Gasteiger partial charge in [-0.3, -0.25) is 4.79 Å². The molecule has 0 spiro atoms. The number of likely N-dealkylation sites (N-methyl/N-ethyl adjacent to an activating group) is 1. The molecule has 19 heavy (non-hydrogen) atoms. The van der Waals surface area contributed by atoms with E-state index >= 15 is 0 Å². The van der Waals surface area contributed by atoms with Gasteiger partial charge in [-0.25, -0.2) is 4.79 Å². The number of nitrogens with zero attached hydrogens (tertiary/aromatic N) is 1. The highest BCUT2D eigenvalue weighted by Gasteiger charge is 2.35. The first kappa shape index (κ1) is 13.5. The van der Waals surface area contributed by atoms with Crippen LogP contribution in [0.4, 0.5) is 0 Å². The number of hydrogen-bond donors (Lipinski definition) is 2. The minimum atomic E-state index is -1.03. The molecule has 0 heterocycles. The molecule has 0 saturated heterocycles. The fraction of sp³-hybridized carbons (Fsp3) is 0.429. The SMILES string of the molecule is CN(C(=O)c1cccc(C(=O)O)c1)C(CN)C1CC1. The molecule has 0 aliphatic heterocycles. The van der Waals surface area contributed by atoms with Gasteiger partial charge in [0.05, 0.1) is 5.56 Å². The molecule has 0 aromatic heterocycles. The van der Waals surface area contributed by atoms with Crippen molar-refractivity contribution in [2.45, 2.75) is 18.9 Å². The standard InChI is InChI=1S/C14H18N2O3/c1-16(12(8-15)9-5-6-9)13(17)10-3-2-4-11(7-10)14(18)19/h2-4,7,9,12H,5-6,8,15H2,1H3,(H,18,19). The molecule has 102 valence electrons. The second-order valence-electron chi connectivity index (χ2n) is 4.94. The number of nitrogens with two attached hydrogens (primary N) is 1. The Bertz CT molecular complexity index is 497. The van der Waals surface area contributed by atoms with Crippen molar-refractivity contribution in [3.63, 3.8) is 0 Å².